The number of hydrogen-bond acceptors (Lipinski definition) is 7. The van der Waals surface area contributed by atoms with E-state index in [0.717, 1.165) is 52.0 Å². The molecule has 4 heterocycles. The van der Waals surface area contributed by atoms with E-state index in [0.29, 0.717) is 17.6 Å². The smallest absolute Gasteiger partial charge is 0.258 e. The van der Waals surface area contributed by atoms with Crippen LogP contribution in [0.5, 0.6) is 5.88 Å². The largest absolute Gasteiger partial charge is 0.467 e. The van der Waals surface area contributed by atoms with Crippen LogP contribution in [0.4, 0.5) is 0 Å². The second-order valence-electron chi connectivity index (χ2n) is 6.82. The highest BCUT2D eigenvalue weighted by molar-refractivity contribution is 5.77. The summed E-state index contributed by atoms with van der Waals surface area (Å²) in [5.41, 5.74) is 0.637. The van der Waals surface area contributed by atoms with Crippen LogP contribution in [0.25, 0.3) is 5.65 Å². The molecule has 2 aliphatic rings. The van der Waals surface area contributed by atoms with Crippen molar-refractivity contribution in [2.75, 3.05) is 32.9 Å². The van der Waals surface area contributed by atoms with Crippen molar-refractivity contribution < 1.29 is 14.3 Å². The fourth-order valence-corrected chi connectivity index (χ4v) is 3.66. The van der Waals surface area contributed by atoms with Gasteiger partial charge in [-0.3, -0.25) is 4.79 Å². The molecule has 140 valence electrons. The van der Waals surface area contributed by atoms with Crippen molar-refractivity contribution in [3.63, 3.8) is 0 Å². The Hall–Kier alpha value is -2.26. The van der Waals surface area contributed by atoms with Gasteiger partial charge in [-0.1, -0.05) is 0 Å². The van der Waals surface area contributed by atoms with E-state index in [1.807, 2.05) is 0 Å². The van der Waals surface area contributed by atoms with Crippen LogP contribution in [0.3, 0.4) is 0 Å². The van der Waals surface area contributed by atoms with Crippen LogP contribution in [0.2, 0.25) is 0 Å². The molecule has 9 nitrogen and oxygen atoms in total. The second-order valence-corrected chi connectivity index (χ2v) is 6.82. The van der Waals surface area contributed by atoms with Crippen molar-refractivity contribution in [3.8, 4) is 5.88 Å². The molecule has 2 aliphatic heterocycles. The Morgan fingerprint density at radius 3 is 2.85 bits per heavy atom. The number of aromatic nitrogens is 4. The number of likely N-dealkylation sites (tertiary alicyclic amines) is 1. The van der Waals surface area contributed by atoms with Gasteiger partial charge in [-0.15, -0.1) is 15.3 Å². The standard InChI is InChI=1S/C17H24N6O3/c24-16(11-26-17-2-1-15-20-18-12-23(15)21-17)19-13-3-7-22(8-4-13)14-5-9-25-10-6-14/h1-2,12-14H,3-11H2,(H,19,24). The van der Waals surface area contributed by atoms with Crippen LogP contribution < -0.4 is 10.1 Å². The van der Waals surface area contributed by atoms with Crippen molar-refractivity contribution >= 4 is 11.6 Å². The molecule has 2 fully saturated rings. The van der Waals surface area contributed by atoms with Crippen molar-refractivity contribution in [2.45, 2.75) is 37.8 Å². The van der Waals surface area contributed by atoms with E-state index in [2.05, 4.69) is 25.5 Å². The van der Waals surface area contributed by atoms with Crippen LogP contribution in [0.15, 0.2) is 18.5 Å². The average molecular weight is 360 g/mol. The summed E-state index contributed by atoms with van der Waals surface area (Å²) in [6, 6.07) is 4.29. The molecule has 4 rings (SSSR count). The van der Waals surface area contributed by atoms with E-state index < -0.39 is 0 Å². The summed E-state index contributed by atoms with van der Waals surface area (Å²) in [5, 5.41) is 14.9. The fourth-order valence-electron chi connectivity index (χ4n) is 3.66. The predicted molar refractivity (Wildman–Crippen MR) is 92.9 cm³/mol. The molecule has 0 unspecified atom stereocenters. The molecule has 0 bridgehead atoms. The Kier molecular flexibility index (Phi) is 5.26. The zero-order valence-electron chi connectivity index (χ0n) is 14.7. The highest BCUT2D eigenvalue weighted by atomic mass is 16.5. The van der Waals surface area contributed by atoms with E-state index in [1.54, 1.807) is 12.1 Å². The quantitative estimate of drug-likeness (QED) is 0.817. The maximum absolute atomic E-state index is 12.2. The van der Waals surface area contributed by atoms with Gasteiger partial charge >= 0.3 is 0 Å². The number of ether oxygens (including phenoxy) is 2. The Balaban J connectivity index is 1.20. The number of nitrogens with zero attached hydrogens (tertiary/aromatic N) is 5. The van der Waals surface area contributed by atoms with Gasteiger partial charge in [0.25, 0.3) is 5.91 Å². The van der Waals surface area contributed by atoms with E-state index in [1.165, 1.54) is 10.8 Å². The summed E-state index contributed by atoms with van der Waals surface area (Å²) in [6.45, 7) is 3.76. The molecule has 2 aromatic rings. The van der Waals surface area contributed by atoms with E-state index in [4.69, 9.17) is 9.47 Å². The number of carbonyl (C=O) groups excluding carboxylic acids is 1. The molecule has 0 spiro atoms. The third kappa shape index (κ3) is 4.10. The molecule has 1 N–H and O–H groups in total. The lowest BCUT2D eigenvalue weighted by atomic mass is 10.00. The summed E-state index contributed by atoms with van der Waals surface area (Å²) in [7, 11) is 0. The lowest BCUT2D eigenvalue weighted by molar-refractivity contribution is -0.124. The normalized spacial score (nSPS) is 20.3. The van der Waals surface area contributed by atoms with Crippen molar-refractivity contribution in [2.24, 2.45) is 0 Å². The van der Waals surface area contributed by atoms with Crippen molar-refractivity contribution in [1.29, 1.82) is 0 Å². The minimum atomic E-state index is -0.111. The molecular weight excluding hydrogens is 336 g/mol. The van der Waals surface area contributed by atoms with Crippen LogP contribution in [0.1, 0.15) is 25.7 Å². The predicted octanol–water partition coefficient (Wildman–Crippen LogP) is 0.263. The Morgan fingerprint density at radius 1 is 1.23 bits per heavy atom. The lowest BCUT2D eigenvalue weighted by Crippen LogP contribution is -2.49. The molecule has 0 atom stereocenters. The van der Waals surface area contributed by atoms with Crippen molar-refractivity contribution in [1.82, 2.24) is 30.0 Å². The number of fused-ring (bicyclic) bond motifs is 1. The number of rotatable bonds is 5. The molecule has 2 saturated heterocycles. The minimum Gasteiger partial charge on any atom is -0.467 e. The maximum atomic E-state index is 12.2. The van der Waals surface area contributed by atoms with Crippen LogP contribution >= 0.6 is 0 Å². The molecule has 9 heteroatoms. The topological polar surface area (TPSA) is 93.9 Å². The fraction of sp³-hybridized carbons (Fsp3) is 0.647. The lowest BCUT2D eigenvalue weighted by Gasteiger charge is -2.39. The first kappa shape index (κ1) is 17.2. The minimum absolute atomic E-state index is 0.0409. The zero-order chi connectivity index (χ0) is 17.8. The van der Waals surface area contributed by atoms with E-state index in [-0.39, 0.29) is 18.6 Å². The second kappa shape index (κ2) is 7.96. The number of hydrogen-bond donors (Lipinski definition) is 1. The summed E-state index contributed by atoms with van der Waals surface area (Å²) < 4.78 is 12.4. The molecular formula is C17H24N6O3. The van der Waals surface area contributed by atoms with Gasteiger partial charge in [0, 0.05) is 44.5 Å². The molecule has 26 heavy (non-hydrogen) atoms. The molecule has 0 radical (unpaired) electrons. The maximum Gasteiger partial charge on any atom is 0.258 e. The van der Waals surface area contributed by atoms with Gasteiger partial charge in [-0.2, -0.15) is 4.52 Å². The van der Waals surface area contributed by atoms with Gasteiger partial charge in [0.05, 0.1) is 0 Å². The molecule has 0 aliphatic carbocycles. The highest BCUT2D eigenvalue weighted by Gasteiger charge is 2.27. The first-order valence-corrected chi connectivity index (χ1v) is 9.19. The average Bonchev–Trinajstić information content (AvgIpc) is 3.15. The third-order valence-electron chi connectivity index (χ3n) is 5.09. The number of piperidine rings is 1. The van der Waals surface area contributed by atoms with Crippen LogP contribution in [0, 0.1) is 0 Å². The van der Waals surface area contributed by atoms with Gasteiger partial charge < -0.3 is 19.7 Å². The molecule has 0 aromatic carbocycles. The van der Waals surface area contributed by atoms with Gasteiger partial charge in [0.15, 0.2) is 12.3 Å². The summed E-state index contributed by atoms with van der Waals surface area (Å²) in [5.74, 6) is 0.266. The summed E-state index contributed by atoms with van der Waals surface area (Å²) in [4.78, 5) is 14.7. The monoisotopic (exact) mass is 360 g/mol. The van der Waals surface area contributed by atoms with Gasteiger partial charge in [-0.05, 0) is 31.7 Å². The molecule has 1 amide bonds. The van der Waals surface area contributed by atoms with E-state index in [9.17, 15) is 4.79 Å². The number of amides is 1. The van der Waals surface area contributed by atoms with Gasteiger partial charge in [-0.25, -0.2) is 0 Å². The first-order chi connectivity index (χ1) is 12.8. The SMILES string of the molecule is O=C(COc1ccc2nncn2n1)NC1CCN(C2CCOCC2)CC1. The van der Waals surface area contributed by atoms with E-state index >= 15 is 0 Å². The number of nitrogens with one attached hydrogen (secondary N) is 1. The Morgan fingerprint density at radius 2 is 2.04 bits per heavy atom. The molecule has 2 aromatic heterocycles. The third-order valence-corrected chi connectivity index (χ3v) is 5.09. The molecule has 0 saturated carbocycles. The zero-order valence-corrected chi connectivity index (χ0v) is 14.7. The van der Waals surface area contributed by atoms with Crippen LogP contribution in [-0.4, -0.2) is 75.6 Å². The number of carbonyl (C=O) groups is 1. The highest BCUT2D eigenvalue weighted by Crippen LogP contribution is 2.19. The first-order valence-electron chi connectivity index (χ1n) is 9.19. The van der Waals surface area contributed by atoms with Gasteiger partial charge in [0.2, 0.25) is 5.88 Å². The van der Waals surface area contributed by atoms with Crippen LogP contribution in [-0.2, 0) is 9.53 Å². The Bertz CT molecular complexity index is 737. The summed E-state index contributed by atoms with van der Waals surface area (Å²) in [6.07, 6.45) is 5.69. The van der Waals surface area contributed by atoms with Crippen molar-refractivity contribution in [3.05, 3.63) is 18.5 Å². The van der Waals surface area contributed by atoms with Gasteiger partial charge in [0.1, 0.15) is 6.33 Å². The summed E-state index contributed by atoms with van der Waals surface area (Å²) >= 11 is 0. The Labute approximate surface area is 151 Å².